The zero-order valence-corrected chi connectivity index (χ0v) is 24.1. The average molecular weight is 661 g/mol. The van der Waals surface area contributed by atoms with Crippen LogP contribution < -0.4 is 11.3 Å². The second-order valence-electron chi connectivity index (χ2n) is 9.76. The number of aromatic nitrogens is 8. The van der Waals surface area contributed by atoms with Gasteiger partial charge in [0.25, 0.3) is 5.56 Å². The number of nitrogens with zero attached hydrogens (tertiary/aromatic N) is 7. The lowest BCUT2D eigenvalue weighted by molar-refractivity contribution is -0.0621. The fraction of sp³-hybridized carbons (Fsp3) is 0.500. The number of hydrogen-bond donors (Lipinski definition) is 4. The van der Waals surface area contributed by atoms with Crippen LogP contribution in [0.25, 0.3) is 22.3 Å². The number of hydrogen-bond acceptors (Lipinski definition) is 15. The number of anilines is 1. The molecule has 43 heavy (non-hydrogen) atoms. The highest BCUT2D eigenvalue weighted by Gasteiger charge is 2.52. The van der Waals surface area contributed by atoms with Crippen molar-refractivity contribution in [2.45, 2.75) is 49.5 Å². The van der Waals surface area contributed by atoms with Crippen molar-refractivity contribution in [2.24, 2.45) is 0 Å². The van der Waals surface area contributed by atoms with Gasteiger partial charge < -0.3 is 39.0 Å². The molecule has 3 aliphatic heterocycles. The fourth-order valence-corrected chi connectivity index (χ4v) is 7.59. The maximum Gasteiger partial charge on any atom is 0.472 e. The first-order chi connectivity index (χ1) is 20.5. The third-order valence-electron chi connectivity index (χ3n) is 7.11. The van der Waals surface area contributed by atoms with Crippen molar-refractivity contribution >= 4 is 54.5 Å². The average Bonchev–Trinajstić information content (AvgIpc) is 3.72. The van der Waals surface area contributed by atoms with E-state index in [9.17, 15) is 19.1 Å². The van der Waals surface area contributed by atoms with Gasteiger partial charge in [-0.25, -0.2) is 33.9 Å². The number of halogens is 1. The van der Waals surface area contributed by atoms with Gasteiger partial charge in [0, 0.05) is 6.42 Å². The number of aromatic amines is 1. The van der Waals surface area contributed by atoms with Crippen molar-refractivity contribution in [3.63, 3.8) is 0 Å². The van der Waals surface area contributed by atoms with Crippen LogP contribution in [0.15, 0.2) is 30.1 Å². The Morgan fingerprint density at radius 2 is 1.72 bits per heavy atom. The first-order valence-electron chi connectivity index (χ1n) is 12.6. The molecule has 0 bridgehead atoms. The molecule has 0 spiro atoms. The third kappa shape index (κ3) is 5.29. The quantitative estimate of drug-likeness (QED) is 0.210. The minimum atomic E-state index is -4.95. The van der Waals surface area contributed by atoms with Gasteiger partial charge >= 0.3 is 14.5 Å². The maximum absolute atomic E-state index is 15.9. The van der Waals surface area contributed by atoms with Gasteiger partial charge in [0.05, 0.1) is 38.3 Å². The van der Waals surface area contributed by atoms with Gasteiger partial charge in [0.2, 0.25) is 0 Å². The van der Waals surface area contributed by atoms with E-state index in [4.69, 9.17) is 45.1 Å². The van der Waals surface area contributed by atoms with E-state index in [1.54, 1.807) is 0 Å². The van der Waals surface area contributed by atoms with Crippen LogP contribution in [0.4, 0.5) is 10.2 Å². The summed E-state index contributed by atoms with van der Waals surface area (Å²) in [5.41, 5.74) is 5.95. The Balaban J connectivity index is 1.15. The molecule has 5 N–H and O–H groups in total. The predicted molar refractivity (Wildman–Crippen MR) is 143 cm³/mol. The van der Waals surface area contributed by atoms with Crippen LogP contribution >= 0.6 is 14.5 Å². The van der Waals surface area contributed by atoms with Crippen LogP contribution in [0.3, 0.4) is 0 Å². The topological polar surface area (TPSA) is 246 Å². The standard InChI is InChI=1S/C20H22FN9O10P2S/c21-12-15-10(38-20(12)30-7-27-13-16(22)23-4-24-17(13)30)3-36-42(34,43)39-8-1-11(37-9(8)2-35-41(32,33)40-15)29-6-28-14-18(29)25-5-26-19(14)31/h4-12,15,20H,1-3H2,(H,32,33)(H,34,43)(H2,22,23,24)(H,25,26,31)/t8-,9+,10+,11+,12+,15+,20+,42?/m0/s1. The van der Waals surface area contributed by atoms with Crippen LogP contribution in [0.5, 0.6) is 0 Å². The number of imidazole rings is 2. The zero-order chi connectivity index (χ0) is 30.1. The molecular weight excluding hydrogens is 639 g/mol. The molecule has 0 saturated carbocycles. The van der Waals surface area contributed by atoms with Crippen molar-refractivity contribution in [3.8, 4) is 0 Å². The van der Waals surface area contributed by atoms with Gasteiger partial charge in [-0.2, -0.15) is 0 Å². The molecule has 3 fully saturated rings. The largest absolute Gasteiger partial charge is 0.472 e. The number of ether oxygens (including phenoxy) is 2. The van der Waals surface area contributed by atoms with Crippen molar-refractivity contribution in [1.82, 2.24) is 39.0 Å². The Bertz CT molecular complexity index is 1860. The highest BCUT2D eigenvalue weighted by atomic mass is 32.5. The van der Waals surface area contributed by atoms with Crippen molar-refractivity contribution in [1.29, 1.82) is 0 Å². The summed E-state index contributed by atoms with van der Waals surface area (Å²) < 4.78 is 65.0. The van der Waals surface area contributed by atoms with Gasteiger partial charge in [-0.15, -0.1) is 0 Å². The third-order valence-corrected chi connectivity index (χ3v) is 9.68. The molecule has 7 rings (SSSR count). The Labute approximate surface area is 244 Å². The second kappa shape index (κ2) is 10.7. The SMILES string of the molecule is Nc1ncnc2c1ncn2[C@@H]1O[C@@H]2COP(O)(=S)O[C@H]3C[C@H](n4cnc5c(=O)[nH]cnc54)O[C@@H]3COP(=O)(O)O[C@H]2[C@H]1F. The van der Waals surface area contributed by atoms with Gasteiger partial charge in [-0.3, -0.25) is 23.0 Å². The molecule has 0 aliphatic carbocycles. The summed E-state index contributed by atoms with van der Waals surface area (Å²) in [6.45, 7) is -5.21. The molecule has 230 valence electrons. The number of alkyl halides is 1. The minimum Gasteiger partial charge on any atom is -0.382 e. The number of nitrogens with one attached hydrogen (secondary N) is 1. The molecule has 4 aromatic rings. The molecule has 3 saturated heterocycles. The Morgan fingerprint density at radius 1 is 0.977 bits per heavy atom. The lowest BCUT2D eigenvalue weighted by atomic mass is 10.1. The van der Waals surface area contributed by atoms with E-state index in [0.29, 0.717) is 0 Å². The summed E-state index contributed by atoms with van der Waals surface area (Å²) in [6, 6.07) is 0. The Hall–Kier alpha value is -2.81. The van der Waals surface area contributed by atoms with Crippen molar-refractivity contribution in [3.05, 3.63) is 35.7 Å². The van der Waals surface area contributed by atoms with E-state index in [2.05, 4.69) is 29.9 Å². The van der Waals surface area contributed by atoms with Crippen LogP contribution in [-0.2, 0) is 43.9 Å². The van der Waals surface area contributed by atoms with E-state index in [-0.39, 0.29) is 34.6 Å². The van der Waals surface area contributed by atoms with Crippen LogP contribution in [0.1, 0.15) is 18.9 Å². The summed E-state index contributed by atoms with van der Waals surface area (Å²) in [4.78, 5) is 56.1. The van der Waals surface area contributed by atoms with E-state index in [0.717, 1.165) is 6.33 Å². The summed E-state index contributed by atoms with van der Waals surface area (Å²) in [5, 5.41) is 0. The summed E-state index contributed by atoms with van der Waals surface area (Å²) in [6.07, 6.45) is -4.60. The molecule has 4 aromatic heterocycles. The maximum atomic E-state index is 15.9. The molecule has 7 heterocycles. The number of nitrogens with two attached hydrogens (primary N) is 1. The van der Waals surface area contributed by atoms with Gasteiger partial charge in [-0.1, -0.05) is 0 Å². The summed E-state index contributed by atoms with van der Waals surface area (Å²) >= 11 is 5.21. The smallest absolute Gasteiger partial charge is 0.382 e. The minimum absolute atomic E-state index is 0.0305. The number of phosphoric acid groups is 1. The molecule has 0 amide bonds. The van der Waals surface area contributed by atoms with E-state index in [1.807, 2.05) is 0 Å². The van der Waals surface area contributed by atoms with Crippen LogP contribution in [0, 0.1) is 0 Å². The first kappa shape index (κ1) is 28.9. The molecule has 2 unspecified atom stereocenters. The van der Waals surface area contributed by atoms with E-state index in [1.165, 1.54) is 28.1 Å². The second-order valence-corrected chi connectivity index (χ2v) is 14.0. The van der Waals surface area contributed by atoms with E-state index >= 15 is 4.39 Å². The fourth-order valence-electron chi connectivity index (χ4n) is 5.16. The van der Waals surface area contributed by atoms with Crippen LogP contribution in [-0.4, -0.2) is 92.6 Å². The lowest BCUT2D eigenvalue weighted by Gasteiger charge is -2.28. The number of nitrogen functional groups attached to an aromatic ring is 1. The Kier molecular flexibility index (Phi) is 7.18. The van der Waals surface area contributed by atoms with Crippen molar-refractivity contribution < 1.29 is 46.3 Å². The summed E-state index contributed by atoms with van der Waals surface area (Å²) in [5.74, 6) is 0.0516. The molecule has 0 radical (unpaired) electrons. The summed E-state index contributed by atoms with van der Waals surface area (Å²) in [7, 11) is -4.95. The normalized spacial score (nSPS) is 37.1. The number of phosphoric ester groups is 1. The van der Waals surface area contributed by atoms with Gasteiger partial charge in [0.1, 0.15) is 36.4 Å². The lowest BCUT2D eigenvalue weighted by Crippen LogP contribution is -2.35. The molecule has 0 aromatic carbocycles. The highest BCUT2D eigenvalue weighted by molar-refractivity contribution is 8.07. The highest BCUT2D eigenvalue weighted by Crippen LogP contribution is 2.54. The molecular formula is C20H22FN9O10P2S. The zero-order valence-electron chi connectivity index (χ0n) is 21.5. The number of fused-ring (bicyclic) bond motifs is 4. The van der Waals surface area contributed by atoms with Gasteiger partial charge in [0.15, 0.2) is 35.0 Å². The van der Waals surface area contributed by atoms with Crippen molar-refractivity contribution in [2.75, 3.05) is 18.9 Å². The molecule has 19 nitrogen and oxygen atoms in total. The van der Waals surface area contributed by atoms with Crippen LogP contribution in [0.2, 0.25) is 0 Å². The predicted octanol–water partition coefficient (Wildman–Crippen LogP) is 0.199. The number of rotatable bonds is 2. The number of H-pyrrole nitrogens is 1. The van der Waals surface area contributed by atoms with E-state index < -0.39 is 76.4 Å². The first-order valence-corrected chi connectivity index (χ1v) is 16.7. The molecule has 9 atom stereocenters. The van der Waals surface area contributed by atoms with Gasteiger partial charge in [-0.05, 0) is 11.8 Å². The molecule has 23 heteroatoms. The molecule has 3 aliphatic rings. The monoisotopic (exact) mass is 661 g/mol. The Morgan fingerprint density at radius 3 is 2.56 bits per heavy atom.